The van der Waals surface area contributed by atoms with Gasteiger partial charge in [-0.3, -0.25) is 4.79 Å². The molecule has 1 aromatic carbocycles. The Labute approximate surface area is 173 Å². The van der Waals surface area contributed by atoms with Gasteiger partial charge in [0.25, 0.3) is 5.91 Å². The number of fused-ring (bicyclic) bond motifs is 1. The zero-order valence-electron chi connectivity index (χ0n) is 17.4. The van der Waals surface area contributed by atoms with Gasteiger partial charge in [-0.15, -0.1) is 0 Å². The molecule has 1 amide bonds. The third-order valence-corrected chi connectivity index (χ3v) is 6.71. The van der Waals surface area contributed by atoms with Crippen molar-refractivity contribution in [2.45, 2.75) is 44.5 Å². The van der Waals surface area contributed by atoms with Crippen LogP contribution in [0.5, 0.6) is 0 Å². The Morgan fingerprint density at radius 2 is 1.83 bits per heavy atom. The minimum atomic E-state index is -4.43. The average Bonchev–Trinajstić information content (AvgIpc) is 2.92. The van der Waals surface area contributed by atoms with Crippen LogP contribution in [0.2, 0.25) is 0 Å². The molecule has 0 unspecified atom stereocenters. The van der Waals surface area contributed by atoms with Crippen LogP contribution in [0.4, 0.5) is 13.2 Å². The fourth-order valence-electron chi connectivity index (χ4n) is 4.72. The Morgan fingerprint density at radius 1 is 1.17 bits per heavy atom. The first-order chi connectivity index (χ1) is 13.9. The number of halogens is 3. The van der Waals surface area contributed by atoms with E-state index in [1.54, 1.807) is 11.8 Å². The molecule has 0 atom stereocenters. The summed E-state index contributed by atoms with van der Waals surface area (Å²) in [6.45, 7) is 3.66. The topological polar surface area (TPSA) is 46.6 Å². The van der Waals surface area contributed by atoms with Gasteiger partial charge in [-0.05, 0) is 36.6 Å². The number of hydrogen-bond donors (Lipinski definition) is 0. The van der Waals surface area contributed by atoms with E-state index in [-0.39, 0.29) is 12.5 Å². The summed E-state index contributed by atoms with van der Waals surface area (Å²) in [5.41, 5.74) is 0.408. The van der Waals surface area contributed by atoms with Crippen molar-refractivity contribution in [3.8, 4) is 0 Å². The van der Waals surface area contributed by atoms with Crippen LogP contribution in [-0.2, 0) is 33.5 Å². The summed E-state index contributed by atoms with van der Waals surface area (Å²) >= 11 is 0. The lowest BCUT2D eigenvalue weighted by Crippen LogP contribution is -2.55. The van der Waals surface area contributed by atoms with E-state index in [0.717, 1.165) is 35.3 Å². The molecule has 0 saturated carbocycles. The maximum absolute atomic E-state index is 13.5. The predicted octanol–water partition coefficient (Wildman–Crippen LogP) is 3.07. The first-order valence-electron chi connectivity index (χ1n) is 10.2. The SMILES string of the molecule is CC1=C(C(=O)N2CCc3ccc(C(F)(F)F)cc3C2)C2(CC[N+](C)(C)CC2)OC1=O. The van der Waals surface area contributed by atoms with E-state index in [2.05, 4.69) is 14.1 Å². The molecule has 3 aliphatic rings. The Hall–Kier alpha value is -2.35. The highest BCUT2D eigenvalue weighted by Crippen LogP contribution is 2.43. The van der Waals surface area contributed by atoms with Crippen molar-refractivity contribution in [2.24, 2.45) is 0 Å². The second-order valence-corrected chi connectivity index (χ2v) is 9.22. The van der Waals surface area contributed by atoms with Crippen molar-refractivity contribution in [1.82, 2.24) is 4.90 Å². The number of alkyl halides is 3. The third-order valence-electron chi connectivity index (χ3n) is 6.71. The normalized spacial score (nSPS) is 22.9. The van der Waals surface area contributed by atoms with Crippen LogP contribution in [0.1, 0.15) is 36.5 Å². The maximum Gasteiger partial charge on any atom is 0.416 e. The van der Waals surface area contributed by atoms with Gasteiger partial charge in [0.1, 0.15) is 0 Å². The van der Waals surface area contributed by atoms with Crippen LogP contribution >= 0.6 is 0 Å². The molecule has 4 rings (SSSR count). The molecule has 0 bridgehead atoms. The molecule has 3 aliphatic heterocycles. The number of hydrogen-bond acceptors (Lipinski definition) is 3. The van der Waals surface area contributed by atoms with E-state index in [1.165, 1.54) is 6.07 Å². The predicted molar refractivity (Wildman–Crippen MR) is 103 cm³/mol. The fourth-order valence-corrected chi connectivity index (χ4v) is 4.72. The number of carbonyl (C=O) groups is 2. The fraction of sp³-hybridized carbons (Fsp3) is 0.545. The number of rotatable bonds is 1. The summed E-state index contributed by atoms with van der Waals surface area (Å²) < 4.78 is 45.9. The third kappa shape index (κ3) is 3.51. The molecular formula is C22H26F3N2O3+. The quantitative estimate of drug-likeness (QED) is 0.515. The molecule has 1 saturated heterocycles. The van der Waals surface area contributed by atoms with E-state index in [9.17, 15) is 22.8 Å². The van der Waals surface area contributed by atoms with Gasteiger partial charge in [0.15, 0.2) is 5.60 Å². The number of piperidine rings is 1. The minimum absolute atomic E-state index is 0.0979. The molecule has 1 aromatic rings. The van der Waals surface area contributed by atoms with Crippen molar-refractivity contribution >= 4 is 11.9 Å². The molecule has 0 radical (unpaired) electrons. The lowest BCUT2D eigenvalue weighted by atomic mass is 9.81. The van der Waals surface area contributed by atoms with Crippen molar-refractivity contribution in [1.29, 1.82) is 0 Å². The minimum Gasteiger partial charge on any atom is -0.450 e. The van der Waals surface area contributed by atoms with Gasteiger partial charge >= 0.3 is 12.1 Å². The maximum atomic E-state index is 13.5. The molecule has 1 spiro atoms. The summed E-state index contributed by atoms with van der Waals surface area (Å²) in [7, 11) is 4.20. The number of amides is 1. The summed E-state index contributed by atoms with van der Waals surface area (Å²) in [5.74, 6) is -0.768. The number of benzene rings is 1. The van der Waals surface area contributed by atoms with Gasteiger partial charge in [0, 0.05) is 31.5 Å². The molecule has 0 aromatic heterocycles. The van der Waals surface area contributed by atoms with Crippen LogP contribution in [0, 0.1) is 0 Å². The number of nitrogens with zero attached hydrogens (tertiary/aromatic N) is 2. The summed E-state index contributed by atoms with van der Waals surface area (Å²) in [6, 6.07) is 3.71. The Bertz CT molecular complexity index is 939. The van der Waals surface area contributed by atoms with Crippen molar-refractivity contribution < 1.29 is 32.0 Å². The molecule has 1 fully saturated rings. The van der Waals surface area contributed by atoms with Crippen LogP contribution in [0.25, 0.3) is 0 Å². The Morgan fingerprint density at radius 3 is 2.47 bits per heavy atom. The van der Waals surface area contributed by atoms with Gasteiger partial charge in [-0.25, -0.2) is 4.79 Å². The second-order valence-electron chi connectivity index (χ2n) is 9.22. The van der Waals surface area contributed by atoms with Crippen molar-refractivity contribution in [3.05, 3.63) is 46.0 Å². The van der Waals surface area contributed by atoms with Gasteiger partial charge < -0.3 is 14.1 Å². The van der Waals surface area contributed by atoms with Gasteiger partial charge in [0.2, 0.25) is 0 Å². The molecule has 5 nitrogen and oxygen atoms in total. The number of ether oxygens (including phenoxy) is 1. The first kappa shape index (κ1) is 20.9. The number of quaternary nitrogens is 1. The molecule has 30 heavy (non-hydrogen) atoms. The monoisotopic (exact) mass is 423 g/mol. The van der Waals surface area contributed by atoms with E-state index in [1.807, 2.05) is 0 Å². The lowest BCUT2D eigenvalue weighted by molar-refractivity contribution is -0.897. The van der Waals surface area contributed by atoms with E-state index < -0.39 is 23.3 Å². The second kappa shape index (κ2) is 6.83. The summed E-state index contributed by atoms with van der Waals surface area (Å²) in [4.78, 5) is 27.4. The van der Waals surface area contributed by atoms with E-state index in [0.29, 0.717) is 42.5 Å². The van der Waals surface area contributed by atoms with Crippen LogP contribution in [0.15, 0.2) is 29.3 Å². The molecule has 162 valence electrons. The Kier molecular flexibility index (Phi) is 4.76. The van der Waals surface area contributed by atoms with Crippen LogP contribution < -0.4 is 0 Å². The highest BCUT2D eigenvalue weighted by atomic mass is 19.4. The zero-order chi connectivity index (χ0) is 21.9. The molecule has 0 N–H and O–H groups in total. The summed E-state index contributed by atoms with van der Waals surface area (Å²) in [6.07, 6.45) is -2.82. The van der Waals surface area contributed by atoms with Crippen LogP contribution in [0.3, 0.4) is 0 Å². The number of likely N-dealkylation sites (tertiary alicyclic amines) is 1. The molecule has 0 aliphatic carbocycles. The highest BCUT2D eigenvalue weighted by molar-refractivity contribution is 6.07. The smallest absolute Gasteiger partial charge is 0.416 e. The van der Waals surface area contributed by atoms with E-state index in [4.69, 9.17) is 4.74 Å². The summed E-state index contributed by atoms with van der Waals surface area (Å²) in [5, 5.41) is 0. The molecular weight excluding hydrogens is 397 g/mol. The number of esters is 1. The largest absolute Gasteiger partial charge is 0.450 e. The van der Waals surface area contributed by atoms with Gasteiger partial charge in [-0.1, -0.05) is 6.07 Å². The van der Waals surface area contributed by atoms with Crippen LogP contribution in [-0.4, -0.2) is 60.6 Å². The van der Waals surface area contributed by atoms with Gasteiger partial charge in [0.05, 0.1) is 38.3 Å². The number of carbonyl (C=O) groups excluding carboxylic acids is 2. The lowest BCUT2D eigenvalue weighted by Gasteiger charge is -2.43. The molecule has 3 heterocycles. The van der Waals surface area contributed by atoms with Crippen molar-refractivity contribution in [3.63, 3.8) is 0 Å². The first-order valence-corrected chi connectivity index (χ1v) is 10.2. The average molecular weight is 423 g/mol. The highest BCUT2D eigenvalue weighted by Gasteiger charge is 2.53. The van der Waals surface area contributed by atoms with Crippen molar-refractivity contribution in [2.75, 3.05) is 33.7 Å². The van der Waals surface area contributed by atoms with E-state index >= 15 is 0 Å². The standard InChI is InChI=1S/C22H26F3N2O3/c1-14-18(21(30-20(14)29)7-10-27(2,3)11-8-21)19(28)26-9-6-15-4-5-17(22(23,24)25)12-16(15)13-26/h4-5,12H,6-11,13H2,1-3H3/q+1. The zero-order valence-corrected chi connectivity index (χ0v) is 17.4. The Balaban J connectivity index is 1.62. The molecule has 8 heteroatoms. The van der Waals surface area contributed by atoms with Gasteiger partial charge in [-0.2, -0.15) is 13.2 Å².